The van der Waals surface area contributed by atoms with Crippen LogP contribution in [-0.2, 0) is 5.92 Å². The van der Waals surface area contributed by atoms with Crippen molar-refractivity contribution in [3.05, 3.63) is 65.5 Å². The van der Waals surface area contributed by atoms with Gasteiger partial charge in [0.2, 0.25) is 0 Å². The van der Waals surface area contributed by atoms with Crippen LogP contribution in [0, 0.1) is 0 Å². The number of benzene rings is 1. The van der Waals surface area contributed by atoms with Gasteiger partial charge in [0.15, 0.2) is 0 Å². The first-order valence-corrected chi connectivity index (χ1v) is 8.13. The van der Waals surface area contributed by atoms with E-state index >= 15 is 0 Å². The van der Waals surface area contributed by atoms with Crippen molar-refractivity contribution in [3.8, 4) is 0 Å². The lowest BCUT2D eigenvalue weighted by molar-refractivity contribution is 0.0174. The van der Waals surface area contributed by atoms with Crippen molar-refractivity contribution < 1.29 is 13.6 Å². The second kappa shape index (κ2) is 6.67. The Hall–Kier alpha value is -2.30. The van der Waals surface area contributed by atoms with Crippen LogP contribution in [0.15, 0.2) is 48.8 Å². The van der Waals surface area contributed by atoms with E-state index in [1.807, 2.05) is 12.1 Å². The van der Waals surface area contributed by atoms with Crippen LogP contribution in [0.4, 0.5) is 8.78 Å². The summed E-state index contributed by atoms with van der Waals surface area (Å²) < 4.78 is 26.5. The molecule has 3 nitrogen and oxygen atoms in total. The number of carbonyl (C=O) groups is 1. The van der Waals surface area contributed by atoms with Crippen LogP contribution in [0.1, 0.15) is 47.2 Å². The van der Waals surface area contributed by atoms with E-state index in [1.54, 1.807) is 17.3 Å². The third kappa shape index (κ3) is 3.61. The van der Waals surface area contributed by atoms with Crippen LogP contribution >= 0.6 is 0 Å². The van der Waals surface area contributed by atoms with E-state index in [-0.39, 0.29) is 11.5 Å². The molecule has 1 aliphatic rings. The Morgan fingerprint density at radius 2 is 1.67 bits per heavy atom. The lowest BCUT2D eigenvalue weighted by Gasteiger charge is -2.32. The molecule has 0 bridgehead atoms. The number of hydrogen-bond donors (Lipinski definition) is 0. The molecule has 1 aliphatic heterocycles. The molecule has 1 saturated heterocycles. The molecule has 0 saturated carbocycles. The van der Waals surface area contributed by atoms with Crippen molar-refractivity contribution in [1.29, 1.82) is 0 Å². The van der Waals surface area contributed by atoms with Crippen molar-refractivity contribution in [3.63, 3.8) is 0 Å². The van der Waals surface area contributed by atoms with Crippen LogP contribution in [0.25, 0.3) is 0 Å². The number of hydrogen-bond acceptors (Lipinski definition) is 2. The molecule has 0 unspecified atom stereocenters. The molecule has 0 radical (unpaired) electrons. The minimum absolute atomic E-state index is 0.0737. The van der Waals surface area contributed by atoms with E-state index in [1.165, 1.54) is 29.8 Å². The number of carbonyl (C=O) groups excluding carboxylic acids is 1. The van der Waals surface area contributed by atoms with Gasteiger partial charge >= 0.3 is 0 Å². The average Bonchev–Trinajstić information content (AvgIpc) is 2.61. The highest BCUT2D eigenvalue weighted by atomic mass is 19.3. The summed E-state index contributed by atoms with van der Waals surface area (Å²) in [4.78, 5) is 18.4. The Morgan fingerprint density at radius 1 is 1.08 bits per heavy atom. The molecule has 0 atom stereocenters. The average molecular weight is 330 g/mol. The molecule has 3 rings (SSSR count). The van der Waals surface area contributed by atoms with Gasteiger partial charge in [0.1, 0.15) is 0 Å². The normalized spacial score (nSPS) is 16.2. The fourth-order valence-corrected chi connectivity index (χ4v) is 3.14. The SMILES string of the molecule is CC(F)(F)c1ccc(C(=O)N2CCC(c3ccncc3)CC2)cc1. The minimum Gasteiger partial charge on any atom is -0.339 e. The second-order valence-electron chi connectivity index (χ2n) is 6.31. The maximum absolute atomic E-state index is 13.2. The zero-order valence-electron chi connectivity index (χ0n) is 13.6. The number of nitrogens with zero attached hydrogens (tertiary/aromatic N) is 2. The fourth-order valence-electron chi connectivity index (χ4n) is 3.14. The Bertz CT molecular complexity index is 688. The van der Waals surface area contributed by atoms with Gasteiger partial charge in [0.25, 0.3) is 11.8 Å². The molecule has 0 N–H and O–H groups in total. The van der Waals surface area contributed by atoms with Gasteiger partial charge < -0.3 is 4.90 Å². The smallest absolute Gasteiger partial charge is 0.270 e. The standard InChI is InChI=1S/C19H20F2N2O/c1-19(20,21)17-4-2-16(3-5-17)18(24)23-12-8-15(9-13-23)14-6-10-22-11-7-14/h2-7,10-11,15H,8-9,12-13H2,1H3. The zero-order chi connectivity index (χ0) is 17.2. The molecule has 1 aromatic heterocycles. The van der Waals surface area contributed by atoms with Crippen LogP contribution in [0.5, 0.6) is 0 Å². The molecule has 0 aliphatic carbocycles. The molecule has 1 aromatic carbocycles. The van der Waals surface area contributed by atoms with Crippen molar-refractivity contribution in [1.82, 2.24) is 9.88 Å². The van der Waals surface area contributed by atoms with E-state index in [2.05, 4.69) is 4.98 Å². The zero-order valence-corrected chi connectivity index (χ0v) is 13.6. The third-order valence-corrected chi connectivity index (χ3v) is 4.60. The van der Waals surface area contributed by atoms with Gasteiger partial charge in [-0.25, -0.2) is 8.78 Å². The van der Waals surface area contributed by atoms with Gasteiger partial charge in [0, 0.05) is 43.5 Å². The van der Waals surface area contributed by atoms with Crippen molar-refractivity contribution in [2.24, 2.45) is 0 Å². The van der Waals surface area contributed by atoms with Gasteiger partial charge in [-0.2, -0.15) is 0 Å². The summed E-state index contributed by atoms with van der Waals surface area (Å²) in [6, 6.07) is 9.68. The number of alkyl halides is 2. The van der Waals surface area contributed by atoms with Crippen molar-refractivity contribution in [2.75, 3.05) is 13.1 Å². The van der Waals surface area contributed by atoms with Gasteiger partial charge in [-0.05, 0) is 48.6 Å². The van der Waals surface area contributed by atoms with Crippen molar-refractivity contribution >= 4 is 5.91 Å². The first-order valence-electron chi connectivity index (χ1n) is 8.13. The number of rotatable bonds is 3. The monoisotopic (exact) mass is 330 g/mol. The summed E-state index contributed by atoms with van der Waals surface area (Å²) in [5, 5.41) is 0. The predicted octanol–water partition coefficient (Wildman–Crippen LogP) is 4.21. The highest BCUT2D eigenvalue weighted by Gasteiger charge is 2.26. The molecule has 24 heavy (non-hydrogen) atoms. The molecular formula is C19H20F2N2O. The summed E-state index contributed by atoms with van der Waals surface area (Å²) in [5.74, 6) is -2.53. The summed E-state index contributed by atoms with van der Waals surface area (Å²) in [6.07, 6.45) is 5.39. The highest BCUT2D eigenvalue weighted by molar-refractivity contribution is 5.94. The molecule has 0 spiro atoms. The van der Waals surface area contributed by atoms with Crippen molar-refractivity contribution in [2.45, 2.75) is 31.6 Å². The lowest BCUT2D eigenvalue weighted by atomic mass is 9.90. The topological polar surface area (TPSA) is 33.2 Å². The summed E-state index contributed by atoms with van der Waals surface area (Å²) in [6.45, 7) is 2.21. The molecule has 1 amide bonds. The largest absolute Gasteiger partial charge is 0.339 e. The Balaban J connectivity index is 1.63. The Labute approximate surface area is 140 Å². The minimum atomic E-state index is -2.88. The van der Waals surface area contributed by atoms with Crippen LogP contribution in [0.2, 0.25) is 0 Å². The maximum Gasteiger partial charge on any atom is 0.270 e. The van der Waals surface area contributed by atoms with Gasteiger partial charge in [-0.3, -0.25) is 9.78 Å². The number of aromatic nitrogens is 1. The molecule has 5 heteroatoms. The number of pyridine rings is 1. The molecule has 126 valence electrons. The highest BCUT2D eigenvalue weighted by Crippen LogP contribution is 2.29. The molecule has 1 fully saturated rings. The number of piperidine rings is 1. The second-order valence-corrected chi connectivity index (χ2v) is 6.31. The van der Waals surface area contributed by atoms with E-state index in [0.717, 1.165) is 19.8 Å². The van der Waals surface area contributed by atoms with Crippen LogP contribution in [0.3, 0.4) is 0 Å². The van der Waals surface area contributed by atoms with Gasteiger partial charge in [-0.15, -0.1) is 0 Å². The third-order valence-electron chi connectivity index (χ3n) is 4.60. The first-order chi connectivity index (χ1) is 11.4. The van der Waals surface area contributed by atoms with E-state index in [0.29, 0.717) is 24.6 Å². The van der Waals surface area contributed by atoms with Crippen LogP contribution < -0.4 is 0 Å². The van der Waals surface area contributed by atoms with Crippen LogP contribution in [-0.4, -0.2) is 28.9 Å². The molecular weight excluding hydrogens is 310 g/mol. The maximum atomic E-state index is 13.2. The number of amides is 1. The quantitative estimate of drug-likeness (QED) is 0.844. The molecule has 2 heterocycles. The fraction of sp³-hybridized carbons (Fsp3) is 0.368. The Morgan fingerprint density at radius 3 is 2.21 bits per heavy atom. The van der Waals surface area contributed by atoms with E-state index < -0.39 is 5.92 Å². The lowest BCUT2D eigenvalue weighted by Crippen LogP contribution is -2.37. The molecule has 2 aromatic rings. The first kappa shape index (κ1) is 16.6. The van der Waals surface area contributed by atoms with E-state index in [9.17, 15) is 13.6 Å². The summed E-state index contributed by atoms with van der Waals surface area (Å²) in [7, 11) is 0. The number of halogens is 2. The predicted molar refractivity (Wildman–Crippen MR) is 88.1 cm³/mol. The summed E-state index contributed by atoms with van der Waals surface area (Å²) in [5.41, 5.74) is 1.65. The van der Waals surface area contributed by atoms with Gasteiger partial charge in [-0.1, -0.05) is 12.1 Å². The van der Waals surface area contributed by atoms with E-state index in [4.69, 9.17) is 0 Å². The van der Waals surface area contributed by atoms with Gasteiger partial charge in [0.05, 0.1) is 0 Å². The number of likely N-dealkylation sites (tertiary alicyclic amines) is 1. The Kier molecular flexibility index (Phi) is 4.60. The summed E-state index contributed by atoms with van der Waals surface area (Å²) >= 11 is 0.